The molecule has 124 valence electrons. The predicted molar refractivity (Wildman–Crippen MR) is 95.6 cm³/mol. The molecule has 0 aliphatic rings. The quantitative estimate of drug-likeness (QED) is 0.604. The van der Waals surface area contributed by atoms with E-state index in [1.165, 1.54) is 23.0 Å². The van der Waals surface area contributed by atoms with Gasteiger partial charge >= 0.3 is 0 Å². The molecule has 2 aromatic heterocycles. The molecular formula is C19H16FN5. The van der Waals surface area contributed by atoms with Crippen molar-refractivity contribution in [1.29, 1.82) is 0 Å². The number of nitrogens with one attached hydrogen (secondary N) is 1. The third kappa shape index (κ3) is 3.33. The Kier molecular flexibility index (Phi) is 4.08. The fourth-order valence-electron chi connectivity index (χ4n) is 2.76. The van der Waals surface area contributed by atoms with Gasteiger partial charge in [-0.25, -0.2) is 9.37 Å². The van der Waals surface area contributed by atoms with E-state index in [0.717, 1.165) is 12.1 Å². The number of hydrogen-bond donors (Lipinski definition) is 1. The molecule has 0 unspecified atom stereocenters. The Morgan fingerprint density at radius 3 is 2.72 bits per heavy atom. The van der Waals surface area contributed by atoms with E-state index in [-0.39, 0.29) is 5.82 Å². The minimum absolute atomic E-state index is 0.275. The second-order valence-corrected chi connectivity index (χ2v) is 5.67. The maximum Gasteiger partial charge on any atom is 0.243 e. The van der Waals surface area contributed by atoms with Crippen LogP contribution in [0.5, 0.6) is 0 Å². The molecule has 0 spiro atoms. The van der Waals surface area contributed by atoms with Gasteiger partial charge in [-0.05, 0) is 41.8 Å². The first-order valence-corrected chi connectivity index (χ1v) is 8.03. The number of benzene rings is 2. The van der Waals surface area contributed by atoms with Crippen LogP contribution in [0.2, 0.25) is 0 Å². The van der Waals surface area contributed by atoms with Crippen molar-refractivity contribution in [3.8, 4) is 11.3 Å². The van der Waals surface area contributed by atoms with Gasteiger partial charge < -0.3 is 9.88 Å². The molecular weight excluding hydrogens is 317 g/mol. The van der Waals surface area contributed by atoms with E-state index < -0.39 is 0 Å². The fourth-order valence-corrected chi connectivity index (χ4v) is 2.76. The molecule has 0 saturated carbocycles. The summed E-state index contributed by atoms with van der Waals surface area (Å²) in [5, 5.41) is 12.4. The molecule has 0 aliphatic carbocycles. The van der Waals surface area contributed by atoms with Crippen LogP contribution in [0.3, 0.4) is 0 Å². The van der Waals surface area contributed by atoms with Crippen molar-refractivity contribution in [1.82, 2.24) is 19.7 Å². The van der Waals surface area contributed by atoms with Crippen molar-refractivity contribution in [3.05, 3.63) is 72.8 Å². The molecule has 0 radical (unpaired) electrons. The average Bonchev–Trinajstić information content (AvgIpc) is 3.06. The lowest BCUT2D eigenvalue weighted by Crippen LogP contribution is -2.12. The number of aromatic nitrogens is 4. The lowest BCUT2D eigenvalue weighted by molar-refractivity contribution is 0.628. The Hall–Kier alpha value is -3.28. The zero-order chi connectivity index (χ0) is 17.1. The van der Waals surface area contributed by atoms with E-state index in [9.17, 15) is 4.39 Å². The molecule has 0 amide bonds. The lowest BCUT2D eigenvalue weighted by atomic mass is 10.2. The highest BCUT2D eigenvalue weighted by molar-refractivity contribution is 5.79. The van der Waals surface area contributed by atoms with Gasteiger partial charge in [-0.1, -0.05) is 18.2 Å². The van der Waals surface area contributed by atoms with E-state index >= 15 is 0 Å². The van der Waals surface area contributed by atoms with Crippen LogP contribution in [0, 0.1) is 5.82 Å². The van der Waals surface area contributed by atoms with E-state index in [4.69, 9.17) is 0 Å². The van der Waals surface area contributed by atoms with Crippen LogP contribution in [0.25, 0.3) is 22.2 Å². The van der Waals surface area contributed by atoms with Gasteiger partial charge in [0, 0.05) is 30.4 Å². The first-order chi connectivity index (χ1) is 12.3. The van der Waals surface area contributed by atoms with Gasteiger partial charge in [-0.15, -0.1) is 5.10 Å². The van der Waals surface area contributed by atoms with Gasteiger partial charge in [-0.3, -0.25) is 0 Å². The van der Waals surface area contributed by atoms with Crippen LogP contribution in [0.1, 0.15) is 0 Å². The van der Waals surface area contributed by atoms with Gasteiger partial charge in [0.2, 0.25) is 5.95 Å². The minimum Gasteiger partial charge on any atom is -0.351 e. The van der Waals surface area contributed by atoms with Gasteiger partial charge in [0.15, 0.2) is 0 Å². The Labute approximate surface area is 144 Å². The highest BCUT2D eigenvalue weighted by Gasteiger charge is 2.04. The van der Waals surface area contributed by atoms with Crippen LogP contribution in [-0.2, 0) is 6.54 Å². The summed E-state index contributed by atoms with van der Waals surface area (Å²) in [6.45, 7) is 1.46. The Morgan fingerprint density at radius 1 is 1.00 bits per heavy atom. The van der Waals surface area contributed by atoms with Gasteiger partial charge in [0.25, 0.3) is 0 Å². The smallest absolute Gasteiger partial charge is 0.243 e. The van der Waals surface area contributed by atoms with Crippen molar-refractivity contribution in [2.45, 2.75) is 6.54 Å². The zero-order valence-corrected chi connectivity index (χ0v) is 13.4. The number of para-hydroxylation sites is 1. The third-order valence-electron chi connectivity index (χ3n) is 4.01. The number of anilines is 1. The fraction of sp³-hybridized carbons (Fsp3) is 0.105. The molecule has 4 rings (SSSR count). The van der Waals surface area contributed by atoms with E-state index in [2.05, 4.69) is 49.5 Å². The number of fused-ring (bicyclic) bond motifs is 1. The number of rotatable bonds is 5. The summed E-state index contributed by atoms with van der Waals surface area (Å²) in [4.78, 5) is 4.44. The van der Waals surface area contributed by atoms with E-state index in [1.54, 1.807) is 18.3 Å². The number of hydrogen-bond acceptors (Lipinski definition) is 4. The summed E-state index contributed by atoms with van der Waals surface area (Å²) in [7, 11) is 0. The number of nitrogens with zero attached hydrogens (tertiary/aromatic N) is 4. The third-order valence-corrected chi connectivity index (χ3v) is 4.01. The molecule has 0 atom stereocenters. The second kappa shape index (κ2) is 6.68. The van der Waals surface area contributed by atoms with Crippen LogP contribution in [0.4, 0.5) is 10.3 Å². The highest BCUT2D eigenvalue weighted by atomic mass is 19.1. The van der Waals surface area contributed by atoms with E-state index in [0.29, 0.717) is 18.2 Å². The summed E-state index contributed by atoms with van der Waals surface area (Å²) in [6.07, 6.45) is 3.64. The SMILES string of the molecule is Fc1ccc(-c2cnnc(NCCn3ccc4ccccc43)n2)cc1. The van der Waals surface area contributed by atoms with Crippen molar-refractivity contribution in [2.75, 3.05) is 11.9 Å². The largest absolute Gasteiger partial charge is 0.351 e. The summed E-state index contributed by atoms with van der Waals surface area (Å²) in [6, 6.07) is 16.5. The van der Waals surface area contributed by atoms with Gasteiger partial charge in [0.05, 0.1) is 11.9 Å². The van der Waals surface area contributed by atoms with Crippen LogP contribution >= 0.6 is 0 Å². The maximum absolute atomic E-state index is 13.0. The Balaban J connectivity index is 1.44. The molecule has 5 nitrogen and oxygen atoms in total. The average molecular weight is 333 g/mol. The summed E-state index contributed by atoms with van der Waals surface area (Å²) in [5.41, 5.74) is 2.66. The second-order valence-electron chi connectivity index (χ2n) is 5.67. The normalized spacial score (nSPS) is 10.9. The topological polar surface area (TPSA) is 55.6 Å². The summed E-state index contributed by atoms with van der Waals surface area (Å²) >= 11 is 0. The van der Waals surface area contributed by atoms with E-state index in [1.807, 2.05) is 12.1 Å². The molecule has 6 heteroatoms. The van der Waals surface area contributed by atoms with Crippen LogP contribution in [-0.4, -0.2) is 26.3 Å². The predicted octanol–water partition coefficient (Wildman–Crippen LogP) is 3.74. The highest BCUT2D eigenvalue weighted by Crippen LogP contribution is 2.17. The van der Waals surface area contributed by atoms with Crippen LogP contribution in [0.15, 0.2) is 67.0 Å². The van der Waals surface area contributed by atoms with Gasteiger partial charge in [-0.2, -0.15) is 5.10 Å². The molecule has 0 aliphatic heterocycles. The van der Waals surface area contributed by atoms with Crippen molar-refractivity contribution in [2.24, 2.45) is 0 Å². The first-order valence-electron chi connectivity index (χ1n) is 8.03. The maximum atomic E-state index is 13.0. The minimum atomic E-state index is -0.275. The first kappa shape index (κ1) is 15.3. The number of halogens is 1. The van der Waals surface area contributed by atoms with Gasteiger partial charge in [0.1, 0.15) is 5.82 Å². The Morgan fingerprint density at radius 2 is 1.84 bits per heavy atom. The summed E-state index contributed by atoms with van der Waals surface area (Å²) < 4.78 is 15.2. The standard InChI is InChI=1S/C19H16FN5/c20-16-7-5-14(6-8-16)17-13-22-24-19(23-17)21-10-12-25-11-9-15-3-1-2-4-18(15)25/h1-9,11,13H,10,12H2,(H,21,23,24). The lowest BCUT2D eigenvalue weighted by Gasteiger charge is -2.08. The van der Waals surface area contributed by atoms with Crippen molar-refractivity contribution < 1.29 is 4.39 Å². The van der Waals surface area contributed by atoms with Crippen molar-refractivity contribution in [3.63, 3.8) is 0 Å². The molecule has 0 bridgehead atoms. The molecule has 2 heterocycles. The zero-order valence-electron chi connectivity index (χ0n) is 13.4. The van der Waals surface area contributed by atoms with Crippen molar-refractivity contribution >= 4 is 16.9 Å². The molecule has 2 aromatic carbocycles. The Bertz CT molecular complexity index is 994. The molecule has 25 heavy (non-hydrogen) atoms. The van der Waals surface area contributed by atoms with Crippen LogP contribution < -0.4 is 5.32 Å². The summed E-state index contributed by atoms with van der Waals surface area (Å²) in [5.74, 6) is 0.182. The molecule has 1 N–H and O–H groups in total. The monoisotopic (exact) mass is 333 g/mol. The molecule has 4 aromatic rings. The molecule has 0 saturated heterocycles. The molecule has 0 fully saturated rings.